The Bertz CT molecular complexity index is 1050. The van der Waals surface area contributed by atoms with Crippen molar-refractivity contribution >= 4 is 45.6 Å². The van der Waals surface area contributed by atoms with Gasteiger partial charge in [-0.25, -0.2) is 14.6 Å². The molecule has 0 aliphatic carbocycles. The van der Waals surface area contributed by atoms with Gasteiger partial charge in [-0.2, -0.15) is 0 Å². The molecule has 4 aromatic rings. The van der Waals surface area contributed by atoms with Gasteiger partial charge in [-0.15, -0.1) is 22.7 Å². The van der Waals surface area contributed by atoms with Crippen LogP contribution in [0.1, 0.15) is 16.2 Å². The second kappa shape index (κ2) is 8.44. The Morgan fingerprint density at radius 3 is 2.52 bits per heavy atom. The molecule has 29 heavy (non-hydrogen) atoms. The Hall–Kier alpha value is -2.56. The van der Waals surface area contributed by atoms with Gasteiger partial charge < -0.3 is 10.2 Å². The number of anilines is 2. The van der Waals surface area contributed by atoms with Gasteiger partial charge in [0, 0.05) is 42.5 Å². The molecule has 0 amide bonds. The zero-order valence-corrected chi connectivity index (χ0v) is 17.5. The summed E-state index contributed by atoms with van der Waals surface area (Å²) in [6.07, 6.45) is 1.08. The third-order valence-electron chi connectivity index (χ3n) is 4.95. The van der Waals surface area contributed by atoms with Gasteiger partial charge in [0.25, 0.3) is 0 Å². The smallest absolute Gasteiger partial charge is 0.245 e. The van der Waals surface area contributed by atoms with Crippen LogP contribution in [0.2, 0.25) is 0 Å². The molecule has 1 N–H and O–H groups in total. The van der Waals surface area contributed by atoms with Gasteiger partial charge in [-0.05, 0) is 39.6 Å². The maximum atomic E-state index is 4.84. The molecule has 8 nitrogen and oxygen atoms in total. The largest absolute Gasteiger partial charge is 0.362 e. The lowest BCUT2D eigenvalue weighted by molar-refractivity contribution is 0.288. The molecule has 0 saturated carbocycles. The Kier molecular flexibility index (Phi) is 5.37. The fourth-order valence-electron chi connectivity index (χ4n) is 3.52. The average molecular weight is 428 g/mol. The average Bonchev–Trinajstić information content (AvgIpc) is 3.48. The lowest BCUT2D eigenvalue weighted by Gasteiger charge is -2.24. The maximum absolute atomic E-state index is 4.84. The van der Waals surface area contributed by atoms with E-state index in [9.17, 15) is 0 Å². The first-order valence-electron chi connectivity index (χ1n) is 9.61. The van der Waals surface area contributed by atoms with Gasteiger partial charge in [-0.1, -0.05) is 12.1 Å². The van der Waals surface area contributed by atoms with Crippen molar-refractivity contribution in [1.82, 2.24) is 25.2 Å². The summed E-state index contributed by atoms with van der Waals surface area (Å²) < 4.78 is 4.84. The van der Waals surface area contributed by atoms with E-state index in [0.29, 0.717) is 17.8 Å². The maximum Gasteiger partial charge on any atom is 0.245 e. The summed E-state index contributed by atoms with van der Waals surface area (Å²) in [7, 11) is 0. The highest BCUT2D eigenvalue weighted by atomic mass is 32.1. The lowest BCUT2D eigenvalue weighted by Crippen LogP contribution is -2.31. The first-order chi connectivity index (χ1) is 14.3. The SMILES string of the molecule is c1csc(CNc2nc3nonc3nc2N2CCCN(Cc3cccs3)CC2)c1. The third-order valence-corrected chi connectivity index (χ3v) is 6.69. The minimum Gasteiger partial charge on any atom is -0.362 e. The fraction of sp³-hybridized carbons (Fsp3) is 0.368. The number of fused-ring (bicyclic) bond motifs is 1. The second-order valence-corrected chi connectivity index (χ2v) is 9.00. The van der Waals surface area contributed by atoms with Crippen LogP contribution in [-0.4, -0.2) is 51.4 Å². The number of aromatic nitrogens is 4. The molecule has 1 saturated heterocycles. The molecule has 1 fully saturated rings. The van der Waals surface area contributed by atoms with E-state index in [0.717, 1.165) is 50.8 Å². The van der Waals surface area contributed by atoms with E-state index in [1.54, 1.807) is 11.3 Å². The molecule has 0 aromatic carbocycles. The van der Waals surface area contributed by atoms with E-state index < -0.39 is 0 Å². The number of hydrogen-bond acceptors (Lipinski definition) is 10. The molecule has 0 unspecified atom stereocenters. The van der Waals surface area contributed by atoms with E-state index in [1.165, 1.54) is 9.75 Å². The monoisotopic (exact) mass is 427 g/mol. The Morgan fingerprint density at radius 1 is 0.931 bits per heavy atom. The van der Waals surface area contributed by atoms with Crippen molar-refractivity contribution in [3.63, 3.8) is 0 Å². The molecule has 5 heterocycles. The van der Waals surface area contributed by atoms with Crippen LogP contribution in [0.25, 0.3) is 11.3 Å². The van der Waals surface area contributed by atoms with Gasteiger partial charge in [0.2, 0.25) is 11.3 Å². The van der Waals surface area contributed by atoms with E-state index in [4.69, 9.17) is 9.61 Å². The molecule has 1 aliphatic heterocycles. The number of nitrogens with zero attached hydrogens (tertiary/aromatic N) is 6. The number of nitrogens with one attached hydrogen (secondary N) is 1. The summed E-state index contributed by atoms with van der Waals surface area (Å²) in [4.78, 5) is 16.8. The number of thiophene rings is 2. The number of hydrogen-bond donors (Lipinski definition) is 1. The quantitative estimate of drug-likeness (QED) is 0.501. The van der Waals surface area contributed by atoms with Crippen molar-refractivity contribution in [2.24, 2.45) is 0 Å². The van der Waals surface area contributed by atoms with Gasteiger partial charge in [0.1, 0.15) is 0 Å². The molecule has 0 spiro atoms. The summed E-state index contributed by atoms with van der Waals surface area (Å²) in [5.41, 5.74) is 0.873. The summed E-state index contributed by atoms with van der Waals surface area (Å²) in [6, 6.07) is 8.48. The van der Waals surface area contributed by atoms with Gasteiger partial charge >= 0.3 is 0 Å². The topological polar surface area (TPSA) is 83.2 Å². The van der Waals surface area contributed by atoms with Crippen LogP contribution < -0.4 is 10.2 Å². The van der Waals surface area contributed by atoms with Crippen molar-refractivity contribution in [3.8, 4) is 0 Å². The number of rotatable bonds is 6. The van der Waals surface area contributed by atoms with Crippen LogP contribution in [0, 0.1) is 0 Å². The minimum absolute atomic E-state index is 0.427. The Labute approximate surface area is 176 Å². The Balaban J connectivity index is 1.35. The standard InChI is InChI=1S/C19H21N7OS2/c1-4-14(28-10-1)12-20-18-19(22-17-16(21-18)23-27-24-17)26-7-3-6-25(8-9-26)13-15-5-2-11-29-15/h1-2,4-5,10-11H,3,6-9,12-13H2,(H,20,21,23). The predicted molar refractivity (Wildman–Crippen MR) is 115 cm³/mol. The highest BCUT2D eigenvalue weighted by Crippen LogP contribution is 2.26. The van der Waals surface area contributed by atoms with Gasteiger partial charge in [0.15, 0.2) is 11.6 Å². The molecule has 0 radical (unpaired) electrons. The van der Waals surface area contributed by atoms with E-state index in [1.807, 2.05) is 11.3 Å². The summed E-state index contributed by atoms with van der Waals surface area (Å²) in [6.45, 7) is 5.60. The fourth-order valence-corrected chi connectivity index (χ4v) is 4.91. The van der Waals surface area contributed by atoms with E-state index in [2.05, 4.69) is 65.4 Å². The first-order valence-corrected chi connectivity index (χ1v) is 11.4. The van der Waals surface area contributed by atoms with Crippen molar-refractivity contribution in [2.75, 3.05) is 36.4 Å². The third kappa shape index (κ3) is 4.24. The lowest BCUT2D eigenvalue weighted by atomic mass is 10.3. The predicted octanol–water partition coefficient (Wildman–Crippen LogP) is 3.46. The van der Waals surface area contributed by atoms with Gasteiger partial charge in [0.05, 0.1) is 6.54 Å². The van der Waals surface area contributed by atoms with Crippen LogP contribution in [0.4, 0.5) is 11.6 Å². The van der Waals surface area contributed by atoms with E-state index in [-0.39, 0.29) is 0 Å². The molecular weight excluding hydrogens is 406 g/mol. The van der Waals surface area contributed by atoms with Crippen molar-refractivity contribution in [3.05, 3.63) is 44.8 Å². The summed E-state index contributed by atoms with van der Waals surface area (Å²) in [5, 5.41) is 15.4. The van der Waals surface area contributed by atoms with Crippen LogP contribution in [0.3, 0.4) is 0 Å². The molecule has 0 atom stereocenters. The molecule has 10 heteroatoms. The Morgan fingerprint density at radius 2 is 1.72 bits per heavy atom. The second-order valence-electron chi connectivity index (χ2n) is 6.94. The molecule has 150 valence electrons. The van der Waals surface area contributed by atoms with Crippen LogP contribution in [0.5, 0.6) is 0 Å². The van der Waals surface area contributed by atoms with Crippen molar-refractivity contribution < 1.29 is 4.63 Å². The normalized spacial score (nSPS) is 15.7. The molecular formula is C19H21N7OS2. The van der Waals surface area contributed by atoms with E-state index >= 15 is 0 Å². The molecule has 4 aromatic heterocycles. The van der Waals surface area contributed by atoms with Gasteiger partial charge in [-0.3, -0.25) is 4.90 Å². The highest BCUT2D eigenvalue weighted by molar-refractivity contribution is 7.10. The first kappa shape index (κ1) is 18.5. The minimum atomic E-state index is 0.427. The molecule has 1 aliphatic rings. The summed E-state index contributed by atoms with van der Waals surface area (Å²) >= 11 is 3.54. The summed E-state index contributed by atoms with van der Waals surface area (Å²) in [5.74, 6) is 1.55. The van der Waals surface area contributed by atoms with Crippen molar-refractivity contribution in [2.45, 2.75) is 19.5 Å². The molecule has 0 bridgehead atoms. The van der Waals surface area contributed by atoms with Crippen LogP contribution >= 0.6 is 22.7 Å². The highest BCUT2D eigenvalue weighted by Gasteiger charge is 2.22. The molecule has 5 rings (SSSR count). The zero-order chi connectivity index (χ0) is 19.5. The van der Waals surface area contributed by atoms with Crippen LogP contribution in [-0.2, 0) is 13.1 Å². The zero-order valence-electron chi connectivity index (χ0n) is 15.8. The van der Waals surface area contributed by atoms with Crippen molar-refractivity contribution in [1.29, 1.82) is 0 Å². The van der Waals surface area contributed by atoms with Crippen LogP contribution in [0.15, 0.2) is 39.7 Å².